The number of ether oxygens (including phenoxy) is 1. The van der Waals surface area contributed by atoms with Crippen LogP contribution in [0, 0.1) is 0 Å². The molecule has 7 heteroatoms. The van der Waals surface area contributed by atoms with Crippen molar-refractivity contribution in [1.82, 2.24) is 9.62 Å². The van der Waals surface area contributed by atoms with Gasteiger partial charge in [-0.25, -0.2) is 13.1 Å². The lowest BCUT2D eigenvalue weighted by molar-refractivity contribution is 0.0376. The van der Waals surface area contributed by atoms with Crippen LogP contribution in [0.25, 0.3) is 0 Å². The molecule has 0 bridgehead atoms. The van der Waals surface area contributed by atoms with Crippen LogP contribution in [0.1, 0.15) is 6.42 Å². The summed E-state index contributed by atoms with van der Waals surface area (Å²) < 4.78 is 32.8. The number of hydrogen-bond donors (Lipinski definition) is 1. The molecule has 1 N–H and O–H groups in total. The van der Waals surface area contributed by atoms with Crippen molar-refractivity contribution in [3.63, 3.8) is 0 Å². The van der Waals surface area contributed by atoms with Crippen LogP contribution in [0.15, 0.2) is 33.6 Å². The number of benzene rings is 1. The average Bonchev–Trinajstić information content (AvgIpc) is 2.45. The van der Waals surface area contributed by atoms with Crippen molar-refractivity contribution in [3.8, 4) is 0 Å². The molecule has 0 amide bonds. The first-order valence-corrected chi connectivity index (χ1v) is 8.91. The van der Waals surface area contributed by atoms with E-state index in [-0.39, 0.29) is 0 Å². The number of hydrogen-bond acceptors (Lipinski definition) is 4. The zero-order valence-corrected chi connectivity index (χ0v) is 13.6. The van der Waals surface area contributed by atoms with Gasteiger partial charge in [0.15, 0.2) is 0 Å². The fourth-order valence-electron chi connectivity index (χ4n) is 2.05. The highest BCUT2D eigenvalue weighted by atomic mass is 79.9. The molecule has 1 aliphatic heterocycles. The summed E-state index contributed by atoms with van der Waals surface area (Å²) >= 11 is 3.28. The average molecular weight is 363 g/mol. The number of halogens is 1. The Kier molecular flexibility index (Phi) is 5.98. The third-order valence-electron chi connectivity index (χ3n) is 3.15. The summed E-state index contributed by atoms with van der Waals surface area (Å²) in [6, 6.07) is 6.71. The van der Waals surface area contributed by atoms with Gasteiger partial charge in [-0.1, -0.05) is 22.0 Å². The first kappa shape index (κ1) is 15.9. The summed E-state index contributed by atoms with van der Waals surface area (Å²) in [5, 5.41) is 0. The standard InChI is InChI=1S/C13H19BrN2O3S/c14-12-3-1-4-13(11-12)20(17,18)15-5-2-6-16-7-9-19-10-8-16/h1,3-4,11,15H,2,5-10H2. The molecule has 1 aliphatic rings. The van der Waals surface area contributed by atoms with Crippen LogP contribution in [0.2, 0.25) is 0 Å². The summed E-state index contributed by atoms with van der Waals surface area (Å²) in [6.07, 6.45) is 0.799. The van der Waals surface area contributed by atoms with E-state index in [4.69, 9.17) is 4.74 Å². The molecular formula is C13H19BrN2O3S. The lowest BCUT2D eigenvalue weighted by Crippen LogP contribution is -2.38. The zero-order valence-electron chi connectivity index (χ0n) is 11.2. The van der Waals surface area contributed by atoms with Crippen molar-refractivity contribution in [2.45, 2.75) is 11.3 Å². The molecule has 2 rings (SSSR count). The van der Waals surface area contributed by atoms with Crippen molar-refractivity contribution >= 4 is 26.0 Å². The topological polar surface area (TPSA) is 58.6 Å². The van der Waals surface area contributed by atoms with Crippen LogP contribution in [-0.2, 0) is 14.8 Å². The van der Waals surface area contributed by atoms with Crippen molar-refractivity contribution in [2.24, 2.45) is 0 Å². The molecule has 0 unspecified atom stereocenters. The Hall–Kier alpha value is -0.470. The normalized spacial score (nSPS) is 17.2. The second kappa shape index (κ2) is 7.51. The molecule has 112 valence electrons. The van der Waals surface area contributed by atoms with Gasteiger partial charge in [-0.3, -0.25) is 4.90 Å². The van der Waals surface area contributed by atoms with Crippen LogP contribution >= 0.6 is 15.9 Å². The summed E-state index contributed by atoms with van der Waals surface area (Å²) in [5.41, 5.74) is 0. The number of rotatable bonds is 6. The second-order valence-electron chi connectivity index (χ2n) is 4.66. The van der Waals surface area contributed by atoms with Crippen LogP contribution < -0.4 is 4.72 Å². The summed E-state index contributed by atoms with van der Waals surface area (Å²) in [7, 11) is -3.41. The van der Waals surface area contributed by atoms with E-state index in [0.717, 1.165) is 43.7 Å². The molecule has 20 heavy (non-hydrogen) atoms. The molecule has 0 atom stereocenters. The van der Waals surface area contributed by atoms with E-state index in [0.29, 0.717) is 11.4 Å². The molecule has 0 saturated carbocycles. The van der Waals surface area contributed by atoms with Gasteiger partial charge in [-0.2, -0.15) is 0 Å². The third-order valence-corrected chi connectivity index (χ3v) is 5.11. The van der Waals surface area contributed by atoms with Gasteiger partial charge in [0.25, 0.3) is 0 Å². The molecule has 0 radical (unpaired) electrons. The smallest absolute Gasteiger partial charge is 0.240 e. The molecule has 0 aliphatic carbocycles. The van der Waals surface area contributed by atoms with E-state index < -0.39 is 10.0 Å². The fraction of sp³-hybridized carbons (Fsp3) is 0.538. The maximum atomic E-state index is 12.1. The monoisotopic (exact) mass is 362 g/mol. The van der Waals surface area contributed by atoms with Gasteiger partial charge < -0.3 is 4.74 Å². The van der Waals surface area contributed by atoms with Gasteiger partial charge in [0.05, 0.1) is 18.1 Å². The van der Waals surface area contributed by atoms with Crippen molar-refractivity contribution in [2.75, 3.05) is 39.4 Å². The van der Waals surface area contributed by atoms with Crippen LogP contribution in [-0.4, -0.2) is 52.7 Å². The molecule has 1 aromatic rings. The molecule has 1 heterocycles. The second-order valence-corrected chi connectivity index (χ2v) is 7.35. The summed E-state index contributed by atoms with van der Waals surface area (Å²) in [6.45, 7) is 4.74. The van der Waals surface area contributed by atoms with Crippen molar-refractivity contribution < 1.29 is 13.2 Å². The molecular weight excluding hydrogens is 344 g/mol. The summed E-state index contributed by atoms with van der Waals surface area (Å²) in [5.74, 6) is 0. The van der Waals surface area contributed by atoms with E-state index in [9.17, 15) is 8.42 Å². The molecule has 1 fully saturated rings. The predicted molar refractivity (Wildman–Crippen MR) is 81.2 cm³/mol. The van der Waals surface area contributed by atoms with E-state index in [1.807, 2.05) is 0 Å². The van der Waals surface area contributed by atoms with E-state index in [2.05, 4.69) is 25.6 Å². The van der Waals surface area contributed by atoms with Crippen LogP contribution in [0.3, 0.4) is 0 Å². The van der Waals surface area contributed by atoms with Gasteiger partial charge in [-0.05, 0) is 31.2 Å². The lowest BCUT2D eigenvalue weighted by atomic mass is 10.3. The maximum absolute atomic E-state index is 12.1. The Morgan fingerprint density at radius 2 is 2.05 bits per heavy atom. The van der Waals surface area contributed by atoms with Crippen molar-refractivity contribution in [1.29, 1.82) is 0 Å². The summed E-state index contributed by atoms with van der Waals surface area (Å²) in [4.78, 5) is 2.58. The molecule has 1 saturated heterocycles. The van der Waals surface area contributed by atoms with Crippen LogP contribution in [0.5, 0.6) is 0 Å². The fourth-order valence-corrected chi connectivity index (χ4v) is 3.72. The number of morpholine rings is 1. The minimum Gasteiger partial charge on any atom is -0.379 e. The highest BCUT2D eigenvalue weighted by Gasteiger charge is 2.14. The third kappa shape index (κ3) is 4.82. The Morgan fingerprint density at radius 3 is 2.75 bits per heavy atom. The number of nitrogens with one attached hydrogen (secondary N) is 1. The van der Waals surface area contributed by atoms with Crippen molar-refractivity contribution in [3.05, 3.63) is 28.7 Å². The lowest BCUT2D eigenvalue weighted by Gasteiger charge is -2.26. The highest BCUT2D eigenvalue weighted by molar-refractivity contribution is 9.10. The van der Waals surface area contributed by atoms with E-state index >= 15 is 0 Å². The number of nitrogens with zero attached hydrogens (tertiary/aromatic N) is 1. The molecule has 0 aromatic heterocycles. The van der Waals surface area contributed by atoms with E-state index in [1.54, 1.807) is 24.3 Å². The Labute approximate surface area is 128 Å². The van der Waals surface area contributed by atoms with Gasteiger partial charge >= 0.3 is 0 Å². The zero-order chi connectivity index (χ0) is 14.4. The highest BCUT2D eigenvalue weighted by Crippen LogP contribution is 2.15. The predicted octanol–water partition coefficient (Wildman–Crippen LogP) is 1.45. The van der Waals surface area contributed by atoms with Gasteiger partial charge in [0.1, 0.15) is 0 Å². The Bertz CT molecular complexity index is 530. The minimum atomic E-state index is -3.41. The van der Waals surface area contributed by atoms with Crippen LogP contribution in [0.4, 0.5) is 0 Å². The quantitative estimate of drug-likeness (QED) is 0.778. The minimum absolute atomic E-state index is 0.290. The van der Waals surface area contributed by atoms with E-state index in [1.165, 1.54) is 0 Å². The SMILES string of the molecule is O=S(=O)(NCCCN1CCOCC1)c1cccc(Br)c1. The molecule has 1 aromatic carbocycles. The first-order valence-electron chi connectivity index (χ1n) is 6.63. The number of sulfonamides is 1. The Balaban J connectivity index is 1.78. The Morgan fingerprint density at radius 1 is 1.30 bits per heavy atom. The van der Waals surface area contributed by atoms with Gasteiger partial charge in [0.2, 0.25) is 10.0 Å². The van der Waals surface area contributed by atoms with Gasteiger partial charge in [-0.15, -0.1) is 0 Å². The first-order chi connectivity index (χ1) is 9.58. The largest absolute Gasteiger partial charge is 0.379 e. The molecule has 0 spiro atoms. The maximum Gasteiger partial charge on any atom is 0.240 e. The van der Waals surface area contributed by atoms with Gasteiger partial charge in [0, 0.05) is 24.1 Å². The molecule has 5 nitrogen and oxygen atoms in total.